The first kappa shape index (κ1) is 23.7. The maximum Gasteiger partial charge on any atom is 0.306 e. The Morgan fingerprint density at radius 1 is 1.10 bits per heavy atom. The van der Waals surface area contributed by atoms with Gasteiger partial charge in [0.15, 0.2) is 11.6 Å². The molecule has 0 N–H and O–H groups in total. The van der Waals surface area contributed by atoms with E-state index in [1.54, 1.807) is 25.1 Å². The SMILES string of the molecule is CCCC1CCC(c2ccc(-c3ccc(SCCC(=O)OCC)c(F)c3)c(F)c2F)C1. The number of carbonyl (C=O) groups excluding carboxylic acids is 1. The van der Waals surface area contributed by atoms with Crippen LogP contribution in [0, 0.1) is 23.4 Å². The average molecular weight is 451 g/mol. The topological polar surface area (TPSA) is 26.3 Å². The molecule has 2 aromatic carbocycles. The van der Waals surface area contributed by atoms with Gasteiger partial charge in [0.05, 0.1) is 13.0 Å². The van der Waals surface area contributed by atoms with Crippen LogP contribution >= 0.6 is 11.8 Å². The molecule has 2 nitrogen and oxygen atoms in total. The van der Waals surface area contributed by atoms with Gasteiger partial charge in [-0.05, 0) is 61.3 Å². The quantitative estimate of drug-likeness (QED) is 0.292. The van der Waals surface area contributed by atoms with Gasteiger partial charge in [-0.15, -0.1) is 11.8 Å². The van der Waals surface area contributed by atoms with Gasteiger partial charge in [-0.3, -0.25) is 4.79 Å². The zero-order valence-electron chi connectivity index (χ0n) is 18.1. The molecule has 0 bridgehead atoms. The Kier molecular flexibility index (Phi) is 8.47. The van der Waals surface area contributed by atoms with E-state index >= 15 is 0 Å². The van der Waals surface area contributed by atoms with Crippen LogP contribution in [0.4, 0.5) is 13.2 Å². The van der Waals surface area contributed by atoms with Crippen LogP contribution in [0.2, 0.25) is 0 Å². The highest BCUT2D eigenvalue weighted by Gasteiger charge is 2.29. The minimum absolute atomic E-state index is 0.0509. The lowest BCUT2D eigenvalue weighted by Crippen LogP contribution is -2.04. The predicted octanol–water partition coefficient (Wildman–Crippen LogP) is 7.50. The third-order valence-corrected chi connectivity index (χ3v) is 6.95. The summed E-state index contributed by atoms with van der Waals surface area (Å²) in [5.41, 5.74) is 0.795. The van der Waals surface area contributed by atoms with Crippen molar-refractivity contribution in [2.24, 2.45) is 5.92 Å². The summed E-state index contributed by atoms with van der Waals surface area (Å²) in [7, 11) is 0. The molecule has 1 fully saturated rings. The van der Waals surface area contributed by atoms with E-state index in [2.05, 4.69) is 6.92 Å². The van der Waals surface area contributed by atoms with E-state index in [1.165, 1.54) is 23.9 Å². The van der Waals surface area contributed by atoms with Crippen LogP contribution in [-0.4, -0.2) is 18.3 Å². The molecule has 0 radical (unpaired) electrons. The molecular formula is C25H29F3O2S. The lowest BCUT2D eigenvalue weighted by atomic mass is 9.92. The standard InChI is InChI=1S/C25H29F3O2S/c1-3-5-16-6-7-17(14-16)19-9-10-20(25(28)24(19)27)18-8-11-22(21(26)15-18)31-13-12-23(29)30-4-2/h8-11,15-17H,3-7,12-14H2,1-2H3. The Labute approximate surface area is 186 Å². The average Bonchev–Trinajstić information content (AvgIpc) is 3.20. The second-order valence-electron chi connectivity index (χ2n) is 8.04. The Bertz CT molecular complexity index is 916. The molecule has 0 aliphatic heterocycles. The molecule has 1 saturated carbocycles. The summed E-state index contributed by atoms with van der Waals surface area (Å²) in [4.78, 5) is 11.8. The molecule has 2 unspecified atom stereocenters. The monoisotopic (exact) mass is 450 g/mol. The van der Waals surface area contributed by atoms with E-state index < -0.39 is 17.5 Å². The lowest BCUT2D eigenvalue weighted by molar-refractivity contribution is -0.142. The number of esters is 1. The highest BCUT2D eigenvalue weighted by atomic mass is 32.2. The zero-order chi connectivity index (χ0) is 22.4. The van der Waals surface area contributed by atoms with Crippen LogP contribution in [0.15, 0.2) is 35.2 Å². The van der Waals surface area contributed by atoms with Gasteiger partial charge in [-0.2, -0.15) is 0 Å². The Balaban J connectivity index is 1.72. The molecule has 6 heteroatoms. The first-order valence-electron chi connectivity index (χ1n) is 11.0. The summed E-state index contributed by atoms with van der Waals surface area (Å²) in [5, 5.41) is 0. The van der Waals surface area contributed by atoms with E-state index in [-0.39, 0.29) is 23.9 Å². The maximum absolute atomic E-state index is 14.9. The molecule has 1 aliphatic carbocycles. The van der Waals surface area contributed by atoms with Crippen LogP contribution in [0.3, 0.4) is 0 Å². The summed E-state index contributed by atoms with van der Waals surface area (Å²) in [6, 6.07) is 7.56. The summed E-state index contributed by atoms with van der Waals surface area (Å²) in [5.74, 6) is -1.56. The van der Waals surface area contributed by atoms with Crippen molar-refractivity contribution < 1.29 is 22.7 Å². The number of benzene rings is 2. The molecular weight excluding hydrogens is 421 g/mol. The van der Waals surface area contributed by atoms with Gasteiger partial charge < -0.3 is 4.74 Å². The number of hydrogen-bond donors (Lipinski definition) is 0. The molecule has 0 heterocycles. The van der Waals surface area contributed by atoms with E-state index in [0.717, 1.165) is 32.1 Å². The zero-order valence-corrected chi connectivity index (χ0v) is 18.9. The van der Waals surface area contributed by atoms with Crippen molar-refractivity contribution in [1.29, 1.82) is 0 Å². The number of rotatable bonds is 9. The fraction of sp³-hybridized carbons (Fsp3) is 0.480. The summed E-state index contributed by atoms with van der Waals surface area (Å²) >= 11 is 1.19. The van der Waals surface area contributed by atoms with Gasteiger partial charge in [0.25, 0.3) is 0 Å². The van der Waals surface area contributed by atoms with Gasteiger partial charge in [0.1, 0.15) is 5.82 Å². The third kappa shape index (κ3) is 5.85. The largest absolute Gasteiger partial charge is 0.466 e. The van der Waals surface area contributed by atoms with Crippen molar-refractivity contribution in [2.45, 2.75) is 63.2 Å². The number of thioether (sulfide) groups is 1. The van der Waals surface area contributed by atoms with Gasteiger partial charge in [0.2, 0.25) is 0 Å². The van der Waals surface area contributed by atoms with Gasteiger partial charge in [0, 0.05) is 16.2 Å². The molecule has 0 spiro atoms. The minimum Gasteiger partial charge on any atom is -0.466 e. The highest BCUT2D eigenvalue weighted by Crippen LogP contribution is 2.42. The third-order valence-electron chi connectivity index (χ3n) is 5.90. The van der Waals surface area contributed by atoms with Crippen molar-refractivity contribution in [3.8, 4) is 11.1 Å². The van der Waals surface area contributed by atoms with Crippen LogP contribution in [-0.2, 0) is 9.53 Å². The van der Waals surface area contributed by atoms with E-state index in [9.17, 15) is 18.0 Å². The Hall–Kier alpha value is -1.95. The minimum atomic E-state index is -0.918. The van der Waals surface area contributed by atoms with Crippen molar-refractivity contribution >= 4 is 17.7 Å². The molecule has 1 aliphatic rings. The van der Waals surface area contributed by atoms with Crippen LogP contribution in [0.25, 0.3) is 11.1 Å². The fourth-order valence-electron chi connectivity index (χ4n) is 4.39. The maximum atomic E-state index is 14.9. The lowest BCUT2D eigenvalue weighted by Gasteiger charge is -2.15. The van der Waals surface area contributed by atoms with Crippen molar-refractivity contribution in [3.63, 3.8) is 0 Å². The second-order valence-corrected chi connectivity index (χ2v) is 9.18. The number of hydrogen-bond acceptors (Lipinski definition) is 3. The molecule has 168 valence electrons. The van der Waals surface area contributed by atoms with Crippen molar-refractivity contribution in [3.05, 3.63) is 53.3 Å². The summed E-state index contributed by atoms with van der Waals surface area (Å²) in [6.07, 6.45) is 5.25. The summed E-state index contributed by atoms with van der Waals surface area (Å²) in [6.45, 7) is 4.19. The van der Waals surface area contributed by atoms with Gasteiger partial charge in [-0.25, -0.2) is 13.2 Å². The number of carbonyl (C=O) groups is 1. The first-order chi connectivity index (χ1) is 14.9. The predicted molar refractivity (Wildman–Crippen MR) is 119 cm³/mol. The Morgan fingerprint density at radius 2 is 1.90 bits per heavy atom. The molecule has 2 aromatic rings. The number of ether oxygens (including phenoxy) is 1. The normalized spacial score (nSPS) is 18.4. The van der Waals surface area contributed by atoms with E-state index in [1.807, 2.05) is 0 Å². The van der Waals surface area contributed by atoms with Crippen LogP contribution < -0.4 is 0 Å². The molecule has 0 aromatic heterocycles. The molecule has 2 atom stereocenters. The molecule has 31 heavy (non-hydrogen) atoms. The molecule has 0 amide bonds. The van der Waals surface area contributed by atoms with Crippen LogP contribution in [0.5, 0.6) is 0 Å². The van der Waals surface area contributed by atoms with Crippen molar-refractivity contribution in [1.82, 2.24) is 0 Å². The van der Waals surface area contributed by atoms with E-state index in [4.69, 9.17) is 4.74 Å². The first-order valence-corrected chi connectivity index (χ1v) is 12.0. The van der Waals surface area contributed by atoms with Gasteiger partial charge >= 0.3 is 5.97 Å². The second kappa shape index (κ2) is 11.1. The highest BCUT2D eigenvalue weighted by molar-refractivity contribution is 7.99. The number of halogens is 3. The van der Waals surface area contributed by atoms with Gasteiger partial charge in [-0.1, -0.05) is 38.0 Å². The molecule has 0 saturated heterocycles. The van der Waals surface area contributed by atoms with E-state index in [0.29, 0.717) is 34.3 Å². The fourth-order valence-corrected chi connectivity index (χ4v) is 5.24. The van der Waals surface area contributed by atoms with Crippen LogP contribution in [0.1, 0.15) is 63.9 Å². The summed E-state index contributed by atoms with van der Waals surface area (Å²) < 4.78 is 49.1. The van der Waals surface area contributed by atoms with Crippen molar-refractivity contribution in [2.75, 3.05) is 12.4 Å². The Morgan fingerprint density at radius 3 is 2.61 bits per heavy atom. The molecule has 3 rings (SSSR count). The smallest absolute Gasteiger partial charge is 0.306 e.